The lowest BCUT2D eigenvalue weighted by molar-refractivity contribution is -0.116. The molecule has 6 nitrogen and oxygen atoms in total. The third-order valence-electron chi connectivity index (χ3n) is 3.70. The summed E-state index contributed by atoms with van der Waals surface area (Å²) >= 11 is 6.07. The summed E-state index contributed by atoms with van der Waals surface area (Å²) in [5, 5.41) is 3.22. The van der Waals surface area contributed by atoms with Crippen molar-refractivity contribution in [2.45, 2.75) is 19.8 Å². The molecule has 0 bridgehead atoms. The summed E-state index contributed by atoms with van der Waals surface area (Å²) in [7, 11) is 3.02. The van der Waals surface area contributed by atoms with Crippen molar-refractivity contribution in [3.8, 4) is 23.0 Å². The van der Waals surface area contributed by atoms with Crippen LogP contribution in [0.15, 0.2) is 36.4 Å². The van der Waals surface area contributed by atoms with Gasteiger partial charge in [-0.2, -0.15) is 0 Å². The SMILES string of the molecule is CCOc1ccccc1OCCCC(=O)Nc1cc(OC)c(Cl)cc1OC. The number of methoxy groups -OCH3 is 2. The molecule has 0 unspecified atom stereocenters. The molecule has 27 heavy (non-hydrogen) atoms. The quantitative estimate of drug-likeness (QED) is 0.599. The largest absolute Gasteiger partial charge is 0.495 e. The van der Waals surface area contributed by atoms with E-state index in [-0.39, 0.29) is 5.91 Å². The van der Waals surface area contributed by atoms with E-state index in [0.29, 0.717) is 59.8 Å². The number of benzene rings is 2. The lowest BCUT2D eigenvalue weighted by Crippen LogP contribution is -2.13. The first-order valence-corrected chi connectivity index (χ1v) is 9.02. The van der Waals surface area contributed by atoms with Crippen LogP contribution in [0.25, 0.3) is 0 Å². The third kappa shape index (κ3) is 5.96. The molecular formula is C20H24ClNO5. The number of hydrogen-bond acceptors (Lipinski definition) is 5. The summed E-state index contributed by atoms with van der Waals surface area (Å²) in [5.41, 5.74) is 0.506. The van der Waals surface area contributed by atoms with Crippen molar-refractivity contribution in [1.82, 2.24) is 0 Å². The zero-order valence-corrected chi connectivity index (χ0v) is 16.5. The number of amides is 1. The summed E-state index contributed by atoms with van der Waals surface area (Å²) in [6.45, 7) is 2.88. The molecule has 0 saturated heterocycles. The Morgan fingerprint density at radius 1 is 1.00 bits per heavy atom. The first-order valence-electron chi connectivity index (χ1n) is 8.65. The van der Waals surface area contributed by atoms with Crippen molar-refractivity contribution in [2.24, 2.45) is 0 Å². The van der Waals surface area contributed by atoms with Gasteiger partial charge < -0.3 is 24.3 Å². The zero-order valence-electron chi connectivity index (χ0n) is 15.7. The van der Waals surface area contributed by atoms with Gasteiger partial charge in [-0.1, -0.05) is 23.7 Å². The summed E-state index contributed by atoms with van der Waals surface area (Å²) in [4.78, 5) is 12.2. The molecule has 2 aromatic rings. The highest BCUT2D eigenvalue weighted by Gasteiger charge is 2.12. The first-order chi connectivity index (χ1) is 13.1. The molecule has 0 saturated carbocycles. The standard InChI is InChI=1S/C20H24ClNO5/c1-4-26-16-8-5-6-9-17(16)27-11-7-10-20(23)22-15-13-18(24-2)14(21)12-19(15)25-3/h5-6,8-9,12-13H,4,7,10-11H2,1-3H3,(H,22,23). The fourth-order valence-electron chi connectivity index (χ4n) is 2.43. The van der Waals surface area contributed by atoms with E-state index in [1.165, 1.54) is 14.2 Å². The van der Waals surface area contributed by atoms with Crippen molar-refractivity contribution >= 4 is 23.2 Å². The maximum Gasteiger partial charge on any atom is 0.224 e. The molecular weight excluding hydrogens is 370 g/mol. The van der Waals surface area contributed by atoms with Gasteiger partial charge >= 0.3 is 0 Å². The third-order valence-corrected chi connectivity index (χ3v) is 4.00. The second-order valence-electron chi connectivity index (χ2n) is 5.57. The Hall–Kier alpha value is -2.60. The maximum absolute atomic E-state index is 12.2. The van der Waals surface area contributed by atoms with Crippen molar-refractivity contribution < 1.29 is 23.7 Å². The van der Waals surface area contributed by atoms with E-state index >= 15 is 0 Å². The first kappa shape index (κ1) is 20.7. The van der Waals surface area contributed by atoms with Crippen molar-refractivity contribution in [3.05, 3.63) is 41.4 Å². The Bertz CT molecular complexity index is 766. The van der Waals surface area contributed by atoms with Gasteiger partial charge in [0.15, 0.2) is 11.5 Å². The molecule has 146 valence electrons. The van der Waals surface area contributed by atoms with E-state index in [2.05, 4.69) is 5.32 Å². The van der Waals surface area contributed by atoms with Crippen molar-refractivity contribution in [3.63, 3.8) is 0 Å². The van der Waals surface area contributed by atoms with Crippen LogP contribution in [0.2, 0.25) is 5.02 Å². The number of hydrogen-bond donors (Lipinski definition) is 1. The highest BCUT2D eigenvalue weighted by Crippen LogP contribution is 2.36. The number of anilines is 1. The van der Waals surface area contributed by atoms with Gasteiger partial charge in [0.05, 0.1) is 38.1 Å². The molecule has 0 spiro atoms. The molecule has 0 fully saturated rings. The molecule has 0 radical (unpaired) electrons. The predicted octanol–water partition coefficient (Wildman–Crippen LogP) is 4.55. The Balaban J connectivity index is 1.87. The average Bonchev–Trinajstić information content (AvgIpc) is 2.67. The smallest absolute Gasteiger partial charge is 0.224 e. The number of carbonyl (C=O) groups excluding carboxylic acids is 1. The second-order valence-corrected chi connectivity index (χ2v) is 5.97. The van der Waals surface area contributed by atoms with Crippen molar-refractivity contribution in [2.75, 3.05) is 32.8 Å². The summed E-state index contributed by atoms with van der Waals surface area (Å²) in [6, 6.07) is 10.7. The van der Waals surface area contributed by atoms with Crippen LogP contribution in [-0.4, -0.2) is 33.3 Å². The molecule has 0 aliphatic heterocycles. The van der Waals surface area contributed by atoms with Gasteiger partial charge in [0.25, 0.3) is 0 Å². The van der Waals surface area contributed by atoms with E-state index in [1.54, 1.807) is 12.1 Å². The van der Waals surface area contributed by atoms with Gasteiger partial charge in [-0.25, -0.2) is 0 Å². The monoisotopic (exact) mass is 393 g/mol. The number of halogens is 1. The van der Waals surface area contributed by atoms with Crippen LogP contribution in [0.4, 0.5) is 5.69 Å². The Kier molecular flexibility index (Phi) is 8.07. The Labute approximate surface area is 164 Å². The molecule has 7 heteroatoms. The lowest BCUT2D eigenvalue weighted by atomic mass is 10.2. The Morgan fingerprint density at radius 3 is 2.30 bits per heavy atom. The van der Waals surface area contributed by atoms with E-state index < -0.39 is 0 Å². The molecule has 2 aromatic carbocycles. The van der Waals surface area contributed by atoms with Gasteiger partial charge in [-0.05, 0) is 25.5 Å². The van der Waals surface area contributed by atoms with E-state index in [0.717, 1.165) is 0 Å². The topological polar surface area (TPSA) is 66.0 Å². The van der Waals surface area contributed by atoms with Crippen LogP contribution in [0.3, 0.4) is 0 Å². The summed E-state index contributed by atoms with van der Waals surface area (Å²) in [6.07, 6.45) is 0.851. The van der Waals surface area contributed by atoms with E-state index in [4.69, 9.17) is 30.5 Å². The van der Waals surface area contributed by atoms with Gasteiger partial charge in [-0.3, -0.25) is 4.79 Å². The van der Waals surface area contributed by atoms with Crippen LogP contribution in [0.1, 0.15) is 19.8 Å². The van der Waals surface area contributed by atoms with E-state index in [1.807, 2.05) is 31.2 Å². The van der Waals surface area contributed by atoms with Crippen LogP contribution in [-0.2, 0) is 4.79 Å². The molecule has 1 amide bonds. The Morgan fingerprint density at radius 2 is 1.67 bits per heavy atom. The van der Waals surface area contributed by atoms with Gasteiger partial charge in [-0.15, -0.1) is 0 Å². The molecule has 0 aromatic heterocycles. The average molecular weight is 394 g/mol. The molecule has 2 rings (SSSR count). The highest BCUT2D eigenvalue weighted by molar-refractivity contribution is 6.32. The van der Waals surface area contributed by atoms with Gasteiger partial charge in [0.1, 0.15) is 11.5 Å². The normalized spacial score (nSPS) is 10.2. The minimum absolute atomic E-state index is 0.153. The summed E-state index contributed by atoms with van der Waals surface area (Å²) < 4.78 is 21.7. The summed E-state index contributed by atoms with van der Waals surface area (Å²) in [5.74, 6) is 2.14. The van der Waals surface area contributed by atoms with Crippen molar-refractivity contribution in [1.29, 1.82) is 0 Å². The number of carbonyl (C=O) groups is 1. The molecule has 0 aliphatic rings. The van der Waals surface area contributed by atoms with Crippen LogP contribution in [0, 0.1) is 0 Å². The van der Waals surface area contributed by atoms with Crippen LogP contribution < -0.4 is 24.3 Å². The van der Waals surface area contributed by atoms with Crippen LogP contribution in [0.5, 0.6) is 23.0 Å². The molecule has 0 aliphatic carbocycles. The number of ether oxygens (including phenoxy) is 4. The minimum atomic E-state index is -0.153. The fraction of sp³-hybridized carbons (Fsp3) is 0.350. The molecule has 1 N–H and O–H groups in total. The highest BCUT2D eigenvalue weighted by atomic mass is 35.5. The second kappa shape index (κ2) is 10.5. The maximum atomic E-state index is 12.2. The molecule has 0 atom stereocenters. The predicted molar refractivity (Wildman–Crippen MR) is 106 cm³/mol. The van der Waals surface area contributed by atoms with Gasteiger partial charge in [0.2, 0.25) is 5.91 Å². The fourth-order valence-corrected chi connectivity index (χ4v) is 2.66. The minimum Gasteiger partial charge on any atom is -0.495 e. The molecule has 0 heterocycles. The number of nitrogens with one attached hydrogen (secondary N) is 1. The zero-order chi connectivity index (χ0) is 19.6. The lowest BCUT2D eigenvalue weighted by Gasteiger charge is -2.13. The number of rotatable bonds is 10. The number of para-hydroxylation sites is 2. The van der Waals surface area contributed by atoms with Gasteiger partial charge in [0, 0.05) is 18.6 Å². The van der Waals surface area contributed by atoms with Crippen LogP contribution >= 0.6 is 11.6 Å². The van der Waals surface area contributed by atoms with E-state index in [9.17, 15) is 4.79 Å².